The van der Waals surface area contributed by atoms with Crippen molar-refractivity contribution in [1.82, 2.24) is 14.9 Å². The number of fused-ring (bicyclic) bond motifs is 1. The Hall–Kier alpha value is -1.91. The average Bonchev–Trinajstić information content (AvgIpc) is 3.03. The number of hydrogen-bond acceptors (Lipinski definition) is 4. The average molecular weight is 352 g/mol. The van der Waals surface area contributed by atoms with Crippen LogP contribution in [-0.2, 0) is 11.2 Å². The molecule has 2 saturated heterocycles. The number of anilines is 1. The normalized spacial score (nSPS) is 24.6. The van der Waals surface area contributed by atoms with E-state index in [2.05, 4.69) is 26.9 Å². The zero-order valence-electron chi connectivity index (χ0n) is 15.5. The van der Waals surface area contributed by atoms with Crippen LogP contribution >= 0.6 is 0 Å². The third-order valence-electron chi connectivity index (χ3n) is 7.02. The van der Waals surface area contributed by atoms with Gasteiger partial charge in [0, 0.05) is 31.1 Å². The highest BCUT2D eigenvalue weighted by Crippen LogP contribution is 2.42. The van der Waals surface area contributed by atoms with Crippen molar-refractivity contribution < 1.29 is 4.79 Å². The van der Waals surface area contributed by atoms with E-state index < -0.39 is 0 Å². The lowest BCUT2D eigenvalue weighted by molar-refractivity contribution is -0.143. The predicted molar refractivity (Wildman–Crippen MR) is 102 cm³/mol. The zero-order chi connectivity index (χ0) is 17.6. The Balaban J connectivity index is 1.29. The van der Waals surface area contributed by atoms with E-state index in [4.69, 9.17) is 4.98 Å². The van der Waals surface area contributed by atoms with Crippen LogP contribution in [0.15, 0.2) is 12.3 Å². The molecule has 1 amide bonds. The van der Waals surface area contributed by atoms with Gasteiger partial charge in [-0.05, 0) is 57.4 Å². The second-order valence-corrected chi connectivity index (χ2v) is 8.43. The maximum atomic E-state index is 12.9. The molecule has 1 aromatic rings. The van der Waals surface area contributed by atoms with Crippen LogP contribution in [0.3, 0.4) is 0 Å². The van der Waals surface area contributed by atoms with Gasteiger partial charge in [-0.25, -0.2) is 4.98 Å². The Morgan fingerprint density at radius 2 is 1.96 bits per heavy atom. The molecule has 0 atom stereocenters. The second-order valence-electron chi connectivity index (χ2n) is 8.43. The van der Waals surface area contributed by atoms with Crippen LogP contribution in [0.2, 0.25) is 0 Å². The smallest absolute Gasteiger partial charge is 0.226 e. The van der Waals surface area contributed by atoms with Gasteiger partial charge in [0.25, 0.3) is 0 Å². The monoisotopic (exact) mass is 352 g/mol. The van der Waals surface area contributed by atoms with Gasteiger partial charge in [0.05, 0.1) is 17.6 Å². The van der Waals surface area contributed by atoms with E-state index in [0.29, 0.717) is 11.8 Å². The molecule has 5 rings (SSSR count). The number of nitrogens with zero attached hydrogens (tertiary/aromatic N) is 4. The second kappa shape index (κ2) is 6.36. The number of hydrogen-bond donors (Lipinski definition) is 0. The van der Waals surface area contributed by atoms with Gasteiger partial charge in [0.2, 0.25) is 5.91 Å². The number of carbonyl (C=O) groups is 1. The van der Waals surface area contributed by atoms with Crippen LogP contribution in [0.5, 0.6) is 0 Å². The molecule has 1 spiro atoms. The van der Waals surface area contributed by atoms with E-state index in [1.54, 1.807) is 0 Å². The Labute approximate surface area is 155 Å². The van der Waals surface area contributed by atoms with Crippen LogP contribution in [0.1, 0.15) is 62.8 Å². The third kappa shape index (κ3) is 2.63. The lowest BCUT2D eigenvalue weighted by Crippen LogP contribution is -2.56. The molecule has 5 heteroatoms. The summed E-state index contributed by atoms with van der Waals surface area (Å²) in [5.41, 5.74) is 2.28. The maximum absolute atomic E-state index is 12.9. The molecule has 1 aromatic heterocycles. The molecule has 0 N–H and O–H groups in total. The van der Waals surface area contributed by atoms with E-state index >= 15 is 0 Å². The fourth-order valence-electron chi connectivity index (χ4n) is 5.15. The summed E-state index contributed by atoms with van der Waals surface area (Å²) in [4.78, 5) is 27.0. The van der Waals surface area contributed by atoms with Crippen molar-refractivity contribution in [2.24, 2.45) is 5.92 Å². The van der Waals surface area contributed by atoms with E-state index in [1.807, 2.05) is 6.20 Å². The summed E-state index contributed by atoms with van der Waals surface area (Å²) in [7, 11) is 0. The Morgan fingerprint density at radius 3 is 2.73 bits per heavy atom. The topological polar surface area (TPSA) is 49.3 Å². The number of carbonyl (C=O) groups excluding carboxylic acids is 1. The molecular formula is C21H28N4O. The van der Waals surface area contributed by atoms with Crippen molar-refractivity contribution in [3.63, 3.8) is 0 Å². The molecule has 2 aliphatic heterocycles. The summed E-state index contributed by atoms with van der Waals surface area (Å²) < 4.78 is 0. The molecule has 1 saturated carbocycles. The quantitative estimate of drug-likeness (QED) is 0.820. The molecule has 26 heavy (non-hydrogen) atoms. The predicted octanol–water partition coefficient (Wildman–Crippen LogP) is 3.20. The highest BCUT2D eigenvalue weighted by Gasteiger charge is 2.47. The van der Waals surface area contributed by atoms with Crippen molar-refractivity contribution in [3.8, 4) is 0 Å². The minimum Gasteiger partial charge on any atom is -0.355 e. The molecule has 5 nitrogen and oxygen atoms in total. The minimum absolute atomic E-state index is 0.119. The molecule has 3 heterocycles. The number of aryl methyl sites for hydroxylation is 1. The third-order valence-corrected chi connectivity index (χ3v) is 7.02. The maximum Gasteiger partial charge on any atom is 0.226 e. The highest BCUT2D eigenvalue weighted by molar-refractivity contribution is 5.80. The van der Waals surface area contributed by atoms with Gasteiger partial charge in [0.1, 0.15) is 5.82 Å². The first-order valence-electron chi connectivity index (χ1n) is 10.3. The van der Waals surface area contributed by atoms with Crippen LogP contribution in [-0.4, -0.2) is 45.9 Å². The fourth-order valence-corrected chi connectivity index (χ4v) is 5.15. The molecular weight excluding hydrogens is 324 g/mol. The first-order valence-corrected chi connectivity index (χ1v) is 10.3. The van der Waals surface area contributed by atoms with Gasteiger partial charge in [-0.15, -0.1) is 0 Å². The van der Waals surface area contributed by atoms with Crippen LogP contribution in [0, 0.1) is 5.92 Å². The molecule has 0 unspecified atom stereocenters. The number of aromatic nitrogens is 2. The number of allylic oxidation sites excluding steroid dienone is 1. The van der Waals surface area contributed by atoms with Crippen molar-refractivity contribution in [3.05, 3.63) is 23.7 Å². The van der Waals surface area contributed by atoms with E-state index in [0.717, 1.165) is 75.4 Å². The Bertz CT molecular complexity index is 732. The molecule has 0 bridgehead atoms. The van der Waals surface area contributed by atoms with E-state index in [9.17, 15) is 4.79 Å². The van der Waals surface area contributed by atoms with Crippen LogP contribution in [0.25, 0.3) is 6.08 Å². The number of likely N-dealkylation sites (tertiary alicyclic amines) is 1. The highest BCUT2D eigenvalue weighted by atomic mass is 16.2. The molecule has 2 aliphatic carbocycles. The minimum atomic E-state index is 0.119. The summed E-state index contributed by atoms with van der Waals surface area (Å²) in [5.74, 6) is 1.79. The summed E-state index contributed by atoms with van der Waals surface area (Å²) in [6.45, 7) is 2.94. The van der Waals surface area contributed by atoms with Crippen LogP contribution in [0.4, 0.5) is 5.82 Å². The van der Waals surface area contributed by atoms with Crippen molar-refractivity contribution >= 4 is 17.8 Å². The summed E-state index contributed by atoms with van der Waals surface area (Å²) in [6.07, 6.45) is 16.2. The lowest BCUT2D eigenvalue weighted by Gasteiger charge is -2.47. The molecule has 4 aliphatic rings. The Morgan fingerprint density at radius 1 is 1.12 bits per heavy atom. The lowest BCUT2D eigenvalue weighted by atomic mass is 9.80. The van der Waals surface area contributed by atoms with Crippen LogP contribution < -0.4 is 4.90 Å². The number of piperidine rings is 1. The first kappa shape index (κ1) is 16.3. The number of rotatable bonds is 2. The van der Waals surface area contributed by atoms with Gasteiger partial charge in [-0.2, -0.15) is 0 Å². The number of amides is 1. The molecule has 138 valence electrons. The van der Waals surface area contributed by atoms with E-state index in [-0.39, 0.29) is 5.54 Å². The molecule has 0 aromatic carbocycles. The molecule has 0 radical (unpaired) electrons. The van der Waals surface area contributed by atoms with Gasteiger partial charge in [0.15, 0.2) is 0 Å². The summed E-state index contributed by atoms with van der Waals surface area (Å²) >= 11 is 0. The largest absolute Gasteiger partial charge is 0.355 e. The van der Waals surface area contributed by atoms with Gasteiger partial charge >= 0.3 is 0 Å². The van der Waals surface area contributed by atoms with Gasteiger partial charge in [-0.3, -0.25) is 9.78 Å². The molecule has 3 fully saturated rings. The van der Waals surface area contributed by atoms with Crippen molar-refractivity contribution in [2.45, 2.75) is 63.3 Å². The van der Waals surface area contributed by atoms with Crippen molar-refractivity contribution in [2.75, 3.05) is 24.5 Å². The SMILES string of the molecule is O=C(C1CCC1)N1CCCC12CCN(c1cnc3c(n1)CCC=C3)CC2. The standard InChI is InChI=1S/C21H28N4O/c26-20(16-5-3-6-16)25-12-4-9-21(25)10-13-24(14-11-21)19-15-22-17-7-1-2-8-18(17)23-19/h1,7,15-16H,2-6,8-14H2. The van der Waals surface area contributed by atoms with Crippen molar-refractivity contribution in [1.29, 1.82) is 0 Å². The first-order chi connectivity index (χ1) is 12.8. The van der Waals surface area contributed by atoms with E-state index in [1.165, 1.54) is 19.3 Å². The van der Waals surface area contributed by atoms with Gasteiger partial charge in [-0.1, -0.05) is 12.5 Å². The zero-order valence-corrected chi connectivity index (χ0v) is 15.5. The fraction of sp³-hybridized carbons (Fsp3) is 0.667. The Kier molecular flexibility index (Phi) is 3.98. The summed E-state index contributed by atoms with van der Waals surface area (Å²) in [5, 5.41) is 0. The summed E-state index contributed by atoms with van der Waals surface area (Å²) in [6, 6.07) is 0. The van der Waals surface area contributed by atoms with Gasteiger partial charge < -0.3 is 9.80 Å².